The molecule has 7 nitrogen and oxygen atoms in total. The van der Waals surface area contributed by atoms with Gasteiger partial charge in [0.1, 0.15) is 18.3 Å². The topological polar surface area (TPSA) is 86.9 Å². The summed E-state index contributed by atoms with van der Waals surface area (Å²) in [5.41, 5.74) is -0.0800. The van der Waals surface area contributed by atoms with E-state index in [1.54, 1.807) is 6.07 Å². The van der Waals surface area contributed by atoms with Crippen LogP contribution < -0.4 is 14.9 Å². The van der Waals surface area contributed by atoms with Crippen molar-refractivity contribution in [3.8, 4) is 11.5 Å². The Balaban J connectivity index is 1.66. The molecule has 0 radical (unpaired) electrons. The number of hydrogen-bond donors (Lipinski definition) is 1. The number of esters is 1. The quantitative estimate of drug-likeness (QED) is 0.764. The van der Waals surface area contributed by atoms with Crippen LogP contribution in [0.2, 0.25) is 5.02 Å². The Bertz CT molecular complexity index is 950. The molecule has 1 aliphatic heterocycles. The summed E-state index contributed by atoms with van der Waals surface area (Å²) in [4.78, 5) is 28.4. The van der Waals surface area contributed by atoms with Gasteiger partial charge in [-0.05, 0) is 32.6 Å². The lowest BCUT2D eigenvalue weighted by Crippen LogP contribution is -2.33. The Morgan fingerprint density at radius 1 is 1.36 bits per heavy atom. The summed E-state index contributed by atoms with van der Waals surface area (Å²) >= 11 is 6.46. The van der Waals surface area contributed by atoms with Crippen molar-refractivity contribution in [2.45, 2.75) is 44.8 Å². The van der Waals surface area contributed by atoms with Crippen molar-refractivity contribution >= 4 is 28.5 Å². The van der Waals surface area contributed by atoms with Crippen molar-refractivity contribution in [3.05, 3.63) is 33.1 Å². The number of aromatic nitrogens is 1. The number of rotatable bonds is 5. The molecule has 2 aromatic rings. The second-order valence-electron chi connectivity index (χ2n) is 6.99. The molecule has 0 amide bonds. The maximum Gasteiger partial charge on any atom is 0.343 e. The van der Waals surface area contributed by atoms with Gasteiger partial charge in [-0.3, -0.25) is 4.79 Å². The summed E-state index contributed by atoms with van der Waals surface area (Å²) in [5.74, 6) is 0.108. The molecule has 1 N–H and O–H groups in total. The van der Waals surface area contributed by atoms with Gasteiger partial charge < -0.3 is 23.9 Å². The minimum atomic E-state index is -0.627. The van der Waals surface area contributed by atoms with E-state index >= 15 is 0 Å². The largest absolute Gasteiger partial charge is 0.484 e. The number of pyridine rings is 1. The number of ether oxygens (including phenoxy) is 4. The zero-order chi connectivity index (χ0) is 19.7. The van der Waals surface area contributed by atoms with Gasteiger partial charge in [-0.2, -0.15) is 0 Å². The number of carbonyl (C=O) groups is 1. The van der Waals surface area contributed by atoms with Crippen LogP contribution in [-0.4, -0.2) is 43.0 Å². The second kappa shape index (κ2) is 8.01. The Morgan fingerprint density at radius 2 is 2.14 bits per heavy atom. The minimum Gasteiger partial charge on any atom is -0.484 e. The van der Waals surface area contributed by atoms with Crippen molar-refractivity contribution in [2.75, 3.05) is 19.8 Å². The molecule has 0 saturated heterocycles. The summed E-state index contributed by atoms with van der Waals surface area (Å²) < 4.78 is 22.4. The lowest BCUT2D eigenvalue weighted by Gasteiger charge is -2.27. The zero-order valence-corrected chi connectivity index (χ0v) is 16.3. The average molecular weight is 408 g/mol. The van der Waals surface area contributed by atoms with E-state index in [0.29, 0.717) is 30.2 Å². The molecule has 1 atom stereocenters. The van der Waals surface area contributed by atoms with Crippen molar-refractivity contribution in [1.29, 1.82) is 0 Å². The number of benzene rings is 1. The molecule has 4 rings (SSSR count). The zero-order valence-electron chi connectivity index (χ0n) is 15.6. The van der Waals surface area contributed by atoms with Crippen molar-refractivity contribution in [3.63, 3.8) is 0 Å². The molecule has 2 heterocycles. The summed E-state index contributed by atoms with van der Waals surface area (Å²) in [5, 5.41) is 0.312. The Labute approximate surface area is 166 Å². The highest BCUT2D eigenvalue weighted by molar-refractivity contribution is 6.37. The first kappa shape index (κ1) is 19.1. The SMILES string of the molecule is CCOCC1COc2c(cc3[nH]cc(C(=O)OC4CCCC4)c(=O)c3c2Cl)O1. The first-order chi connectivity index (χ1) is 13.6. The highest BCUT2D eigenvalue weighted by Gasteiger charge is 2.28. The average Bonchev–Trinajstić information content (AvgIpc) is 3.19. The molecule has 2 aliphatic rings. The van der Waals surface area contributed by atoms with E-state index in [2.05, 4.69) is 4.98 Å². The van der Waals surface area contributed by atoms with Crippen LogP contribution in [0.4, 0.5) is 0 Å². The van der Waals surface area contributed by atoms with Crippen molar-refractivity contribution in [2.24, 2.45) is 0 Å². The number of fused-ring (bicyclic) bond motifs is 2. The first-order valence-electron chi connectivity index (χ1n) is 9.54. The van der Waals surface area contributed by atoms with E-state index in [0.717, 1.165) is 25.7 Å². The van der Waals surface area contributed by atoms with Crippen molar-refractivity contribution < 1.29 is 23.7 Å². The number of halogens is 1. The fourth-order valence-corrected chi connectivity index (χ4v) is 3.95. The fraction of sp³-hybridized carbons (Fsp3) is 0.500. The molecule has 28 heavy (non-hydrogen) atoms. The lowest BCUT2D eigenvalue weighted by atomic mass is 10.1. The summed E-state index contributed by atoms with van der Waals surface area (Å²) in [6.45, 7) is 3.15. The van der Waals surface area contributed by atoms with Crippen LogP contribution in [0.1, 0.15) is 43.0 Å². The third kappa shape index (κ3) is 3.56. The van der Waals surface area contributed by atoms with Crippen LogP contribution in [0, 0.1) is 0 Å². The van der Waals surface area contributed by atoms with Gasteiger partial charge in [0.15, 0.2) is 17.6 Å². The van der Waals surface area contributed by atoms with Gasteiger partial charge in [0, 0.05) is 18.9 Å². The smallest absolute Gasteiger partial charge is 0.343 e. The molecule has 1 aromatic carbocycles. The highest BCUT2D eigenvalue weighted by atomic mass is 35.5. The third-order valence-corrected chi connectivity index (χ3v) is 5.40. The molecular formula is C20H22ClNO6. The molecule has 1 aromatic heterocycles. The third-order valence-electron chi connectivity index (χ3n) is 5.04. The van der Waals surface area contributed by atoms with E-state index in [9.17, 15) is 9.59 Å². The Kier molecular flexibility index (Phi) is 5.46. The lowest BCUT2D eigenvalue weighted by molar-refractivity contribution is 0.0130. The molecule has 1 unspecified atom stereocenters. The Morgan fingerprint density at radius 3 is 2.89 bits per heavy atom. The Hall–Kier alpha value is -2.25. The van der Waals surface area contributed by atoms with Crippen LogP contribution in [-0.2, 0) is 9.47 Å². The van der Waals surface area contributed by atoms with E-state index in [-0.39, 0.29) is 34.8 Å². The molecule has 1 saturated carbocycles. The van der Waals surface area contributed by atoms with E-state index in [1.807, 2.05) is 6.92 Å². The predicted molar refractivity (Wildman–Crippen MR) is 104 cm³/mol. The van der Waals surface area contributed by atoms with Crippen molar-refractivity contribution in [1.82, 2.24) is 4.98 Å². The van der Waals surface area contributed by atoms with Gasteiger partial charge in [-0.15, -0.1) is 0 Å². The minimum absolute atomic E-state index is 0.0628. The van der Waals surface area contributed by atoms with Crippen LogP contribution in [0.15, 0.2) is 17.1 Å². The number of carbonyl (C=O) groups excluding carboxylic acids is 1. The predicted octanol–water partition coefficient (Wildman–Crippen LogP) is 3.46. The molecular weight excluding hydrogens is 386 g/mol. The first-order valence-corrected chi connectivity index (χ1v) is 9.92. The van der Waals surface area contributed by atoms with Crippen LogP contribution in [0.25, 0.3) is 10.9 Å². The molecule has 8 heteroatoms. The van der Waals surface area contributed by atoms with Gasteiger partial charge in [0.2, 0.25) is 5.43 Å². The van der Waals surface area contributed by atoms with Gasteiger partial charge in [-0.25, -0.2) is 4.79 Å². The van der Waals surface area contributed by atoms with Gasteiger partial charge in [0.05, 0.1) is 22.5 Å². The summed E-state index contributed by atoms with van der Waals surface area (Å²) in [6.07, 6.45) is 4.72. The molecule has 1 fully saturated rings. The van der Waals surface area contributed by atoms with Crippen LogP contribution in [0.3, 0.4) is 0 Å². The number of aromatic amines is 1. The summed E-state index contributed by atoms with van der Waals surface area (Å²) in [6, 6.07) is 1.65. The standard InChI is InChI=1S/C20H22ClNO6/c1-2-25-9-12-10-26-19-15(27-12)7-14-16(17(19)21)18(23)13(8-22-14)20(24)28-11-5-3-4-6-11/h7-8,11-12H,2-6,9-10H2,1H3,(H,22,23). The van der Waals surface area contributed by atoms with Gasteiger partial charge in [0.25, 0.3) is 0 Å². The number of hydrogen-bond acceptors (Lipinski definition) is 6. The number of H-pyrrole nitrogens is 1. The fourth-order valence-electron chi connectivity index (χ4n) is 3.61. The van der Waals surface area contributed by atoms with Gasteiger partial charge >= 0.3 is 5.97 Å². The van der Waals surface area contributed by atoms with Gasteiger partial charge in [-0.1, -0.05) is 11.6 Å². The van der Waals surface area contributed by atoms with Crippen LogP contribution in [0.5, 0.6) is 11.5 Å². The number of nitrogens with one attached hydrogen (secondary N) is 1. The molecule has 0 bridgehead atoms. The maximum atomic E-state index is 12.9. The second-order valence-corrected chi connectivity index (χ2v) is 7.37. The summed E-state index contributed by atoms with van der Waals surface area (Å²) in [7, 11) is 0. The van der Waals surface area contributed by atoms with E-state index < -0.39 is 11.4 Å². The van der Waals surface area contributed by atoms with Crippen LogP contribution >= 0.6 is 11.6 Å². The van der Waals surface area contributed by atoms with E-state index in [1.165, 1.54) is 6.20 Å². The monoisotopic (exact) mass is 407 g/mol. The molecule has 0 spiro atoms. The van der Waals surface area contributed by atoms with E-state index in [4.69, 9.17) is 30.5 Å². The molecule has 1 aliphatic carbocycles. The normalized spacial score (nSPS) is 19.1. The maximum absolute atomic E-state index is 12.9. The highest BCUT2D eigenvalue weighted by Crippen LogP contribution is 2.42. The molecule has 150 valence electrons.